The van der Waals surface area contributed by atoms with E-state index in [1.165, 1.54) is 16.7 Å². The Morgan fingerprint density at radius 2 is 1.88 bits per heavy atom. The molecule has 1 rings (SSSR count). The fourth-order valence-electron chi connectivity index (χ4n) is 1.83. The zero-order valence-electron chi connectivity index (χ0n) is 10.7. The summed E-state index contributed by atoms with van der Waals surface area (Å²) in [5, 5.41) is 2.96. The summed E-state index contributed by atoms with van der Waals surface area (Å²) in [6.07, 6.45) is 2.51. The standard InChI is InChI=1S/C14H21NO/c1-5-7-14(16)15-13-9-8-12(6-2)10(3)11(13)4/h8-9H,5-7H2,1-4H3,(H,15,16). The molecule has 0 unspecified atom stereocenters. The highest BCUT2D eigenvalue weighted by Crippen LogP contribution is 2.22. The predicted octanol–water partition coefficient (Wildman–Crippen LogP) is 3.60. The Balaban J connectivity index is 2.90. The van der Waals surface area contributed by atoms with Crippen LogP contribution in [0.15, 0.2) is 12.1 Å². The third-order valence-electron chi connectivity index (χ3n) is 3.03. The summed E-state index contributed by atoms with van der Waals surface area (Å²) in [7, 11) is 0. The van der Waals surface area contributed by atoms with Crippen LogP contribution >= 0.6 is 0 Å². The highest BCUT2D eigenvalue weighted by molar-refractivity contribution is 5.91. The molecule has 0 heterocycles. The van der Waals surface area contributed by atoms with Crippen molar-refractivity contribution in [1.29, 1.82) is 0 Å². The Morgan fingerprint density at radius 3 is 2.44 bits per heavy atom. The van der Waals surface area contributed by atoms with Gasteiger partial charge in [-0.1, -0.05) is 19.9 Å². The van der Waals surface area contributed by atoms with Crippen LogP contribution in [0.1, 0.15) is 43.4 Å². The lowest BCUT2D eigenvalue weighted by atomic mass is 10.00. The predicted molar refractivity (Wildman–Crippen MR) is 68.8 cm³/mol. The lowest BCUT2D eigenvalue weighted by molar-refractivity contribution is -0.116. The van der Waals surface area contributed by atoms with Gasteiger partial charge in [0.1, 0.15) is 0 Å². The lowest BCUT2D eigenvalue weighted by Crippen LogP contribution is -2.12. The number of hydrogen-bond acceptors (Lipinski definition) is 1. The number of rotatable bonds is 4. The average molecular weight is 219 g/mol. The minimum atomic E-state index is 0.106. The second kappa shape index (κ2) is 5.69. The fourth-order valence-corrected chi connectivity index (χ4v) is 1.83. The second-order valence-corrected chi connectivity index (χ2v) is 4.17. The molecule has 0 aliphatic carbocycles. The summed E-state index contributed by atoms with van der Waals surface area (Å²) in [5.74, 6) is 0.106. The molecule has 0 aliphatic rings. The summed E-state index contributed by atoms with van der Waals surface area (Å²) < 4.78 is 0. The molecular weight excluding hydrogens is 198 g/mol. The van der Waals surface area contributed by atoms with Gasteiger partial charge in [0.15, 0.2) is 0 Å². The van der Waals surface area contributed by atoms with Crippen molar-refractivity contribution in [2.45, 2.75) is 47.0 Å². The zero-order chi connectivity index (χ0) is 12.1. The van der Waals surface area contributed by atoms with E-state index in [0.29, 0.717) is 6.42 Å². The minimum absolute atomic E-state index is 0.106. The van der Waals surface area contributed by atoms with Crippen LogP contribution in [-0.4, -0.2) is 5.91 Å². The number of nitrogens with one attached hydrogen (secondary N) is 1. The van der Waals surface area contributed by atoms with Crippen molar-refractivity contribution >= 4 is 11.6 Å². The monoisotopic (exact) mass is 219 g/mol. The molecule has 0 fully saturated rings. The second-order valence-electron chi connectivity index (χ2n) is 4.17. The van der Waals surface area contributed by atoms with E-state index in [4.69, 9.17) is 0 Å². The van der Waals surface area contributed by atoms with Gasteiger partial charge in [-0.2, -0.15) is 0 Å². The van der Waals surface area contributed by atoms with Crippen molar-refractivity contribution in [3.63, 3.8) is 0 Å². The molecule has 0 bridgehead atoms. The molecule has 1 N–H and O–H groups in total. The number of carbonyl (C=O) groups excluding carboxylic acids is 1. The smallest absolute Gasteiger partial charge is 0.224 e. The number of benzene rings is 1. The largest absolute Gasteiger partial charge is 0.326 e. The minimum Gasteiger partial charge on any atom is -0.326 e. The maximum absolute atomic E-state index is 11.5. The van der Waals surface area contributed by atoms with Gasteiger partial charge in [-0.15, -0.1) is 0 Å². The summed E-state index contributed by atoms with van der Waals surface area (Å²) >= 11 is 0. The third-order valence-corrected chi connectivity index (χ3v) is 3.03. The van der Waals surface area contributed by atoms with E-state index in [0.717, 1.165) is 18.5 Å². The molecule has 0 aliphatic heterocycles. The van der Waals surface area contributed by atoms with Gasteiger partial charge in [0.25, 0.3) is 0 Å². The molecule has 2 nitrogen and oxygen atoms in total. The topological polar surface area (TPSA) is 29.1 Å². The van der Waals surface area contributed by atoms with Crippen LogP contribution in [-0.2, 0) is 11.2 Å². The zero-order valence-corrected chi connectivity index (χ0v) is 10.7. The van der Waals surface area contributed by atoms with Gasteiger partial charge in [-0.05, 0) is 49.4 Å². The number of carbonyl (C=O) groups is 1. The number of anilines is 1. The van der Waals surface area contributed by atoms with Crippen LogP contribution in [0, 0.1) is 13.8 Å². The van der Waals surface area contributed by atoms with Gasteiger partial charge < -0.3 is 5.32 Å². The first-order chi connectivity index (χ1) is 7.60. The number of amides is 1. The van der Waals surface area contributed by atoms with Crippen LogP contribution in [0.2, 0.25) is 0 Å². The van der Waals surface area contributed by atoms with Gasteiger partial charge in [-0.3, -0.25) is 4.79 Å². The molecule has 0 radical (unpaired) electrons. The van der Waals surface area contributed by atoms with Gasteiger partial charge in [-0.25, -0.2) is 0 Å². The van der Waals surface area contributed by atoms with Crippen molar-refractivity contribution in [3.05, 3.63) is 28.8 Å². The van der Waals surface area contributed by atoms with E-state index < -0.39 is 0 Å². The van der Waals surface area contributed by atoms with Crippen molar-refractivity contribution in [3.8, 4) is 0 Å². The molecule has 0 spiro atoms. The van der Waals surface area contributed by atoms with E-state index in [2.05, 4.69) is 32.2 Å². The van der Waals surface area contributed by atoms with E-state index in [9.17, 15) is 4.79 Å². The first kappa shape index (κ1) is 12.8. The summed E-state index contributed by atoms with van der Waals surface area (Å²) in [6.45, 7) is 8.34. The molecule has 1 aromatic carbocycles. The quantitative estimate of drug-likeness (QED) is 0.823. The number of hydrogen-bond donors (Lipinski definition) is 1. The molecule has 1 aromatic rings. The first-order valence-electron chi connectivity index (χ1n) is 5.99. The van der Waals surface area contributed by atoms with Crippen molar-refractivity contribution in [2.24, 2.45) is 0 Å². The summed E-state index contributed by atoms with van der Waals surface area (Å²) in [6, 6.07) is 4.11. The Bertz CT molecular complexity index is 383. The Morgan fingerprint density at radius 1 is 1.19 bits per heavy atom. The molecular formula is C14H21NO. The van der Waals surface area contributed by atoms with Gasteiger partial charge >= 0.3 is 0 Å². The van der Waals surface area contributed by atoms with Crippen LogP contribution < -0.4 is 5.32 Å². The van der Waals surface area contributed by atoms with Crippen LogP contribution in [0.3, 0.4) is 0 Å². The molecule has 2 heteroatoms. The third kappa shape index (κ3) is 2.84. The maximum atomic E-state index is 11.5. The van der Waals surface area contributed by atoms with Crippen molar-refractivity contribution in [2.75, 3.05) is 5.32 Å². The van der Waals surface area contributed by atoms with Crippen LogP contribution in [0.5, 0.6) is 0 Å². The summed E-state index contributed by atoms with van der Waals surface area (Å²) in [5.41, 5.74) is 4.78. The number of aryl methyl sites for hydroxylation is 1. The molecule has 88 valence electrons. The van der Waals surface area contributed by atoms with E-state index >= 15 is 0 Å². The van der Waals surface area contributed by atoms with Crippen molar-refractivity contribution in [1.82, 2.24) is 0 Å². The summed E-state index contributed by atoms with van der Waals surface area (Å²) in [4.78, 5) is 11.5. The van der Waals surface area contributed by atoms with Gasteiger partial charge in [0.05, 0.1) is 0 Å². The molecule has 0 atom stereocenters. The molecule has 0 saturated carbocycles. The lowest BCUT2D eigenvalue weighted by Gasteiger charge is -2.13. The van der Waals surface area contributed by atoms with Crippen LogP contribution in [0.4, 0.5) is 5.69 Å². The Labute approximate surface area is 98.1 Å². The van der Waals surface area contributed by atoms with Crippen LogP contribution in [0.25, 0.3) is 0 Å². The van der Waals surface area contributed by atoms with Crippen molar-refractivity contribution < 1.29 is 4.79 Å². The molecule has 16 heavy (non-hydrogen) atoms. The SMILES string of the molecule is CCCC(=O)Nc1ccc(CC)c(C)c1C. The highest BCUT2D eigenvalue weighted by Gasteiger charge is 2.07. The molecule has 0 aromatic heterocycles. The first-order valence-corrected chi connectivity index (χ1v) is 5.99. The Kier molecular flexibility index (Phi) is 4.53. The Hall–Kier alpha value is -1.31. The van der Waals surface area contributed by atoms with E-state index in [1.54, 1.807) is 0 Å². The van der Waals surface area contributed by atoms with E-state index in [-0.39, 0.29) is 5.91 Å². The highest BCUT2D eigenvalue weighted by atomic mass is 16.1. The fraction of sp³-hybridized carbons (Fsp3) is 0.500. The molecule has 0 saturated heterocycles. The van der Waals surface area contributed by atoms with Gasteiger partial charge in [0, 0.05) is 12.1 Å². The molecule has 1 amide bonds. The van der Waals surface area contributed by atoms with Gasteiger partial charge in [0.2, 0.25) is 5.91 Å². The average Bonchev–Trinajstić information content (AvgIpc) is 2.25. The normalized spacial score (nSPS) is 10.2. The van der Waals surface area contributed by atoms with E-state index in [1.807, 2.05) is 13.0 Å². The maximum Gasteiger partial charge on any atom is 0.224 e.